The van der Waals surface area contributed by atoms with E-state index < -0.39 is 11.6 Å². The molecule has 1 fully saturated rings. The summed E-state index contributed by atoms with van der Waals surface area (Å²) in [6.07, 6.45) is 5.01. The van der Waals surface area contributed by atoms with Gasteiger partial charge in [0, 0.05) is 30.2 Å². The van der Waals surface area contributed by atoms with Crippen LogP contribution in [0, 0.1) is 11.6 Å². The van der Waals surface area contributed by atoms with Gasteiger partial charge in [-0.05, 0) is 12.1 Å². The van der Waals surface area contributed by atoms with Crippen LogP contribution in [0.4, 0.5) is 20.3 Å². The van der Waals surface area contributed by atoms with Crippen LogP contribution in [0.3, 0.4) is 0 Å². The molecule has 0 amide bonds. The molecule has 1 aromatic carbocycles. The first-order chi connectivity index (χ1) is 15.6. The number of hydrogen-bond donors (Lipinski definition) is 1. The lowest BCUT2D eigenvalue weighted by Gasteiger charge is -2.34. The number of fused-ring (bicyclic) bond motifs is 3. The van der Waals surface area contributed by atoms with E-state index in [1.54, 1.807) is 18.3 Å². The van der Waals surface area contributed by atoms with Crippen LogP contribution < -0.4 is 19.7 Å². The Labute approximate surface area is 183 Å². The van der Waals surface area contributed by atoms with Crippen molar-refractivity contribution in [1.29, 1.82) is 0 Å². The molecule has 7 nitrogen and oxygen atoms in total. The van der Waals surface area contributed by atoms with Gasteiger partial charge in [-0.1, -0.05) is 18.7 Å². The molecule has 32 heavy (non-hydrogen) atoms. The summed E-state index contributed by atoms with van der Waals surface area (Å²) in [4.78, 5) is 6.22. The Bertz CT molecular complexity index is 1190. The number of anilines is 2. The Morgan fingerprint density at radius 1 is 1.22 bits per heavy atom. The molecule has 9 heteroatoms. The van der Waals surface area contributed by atoms with Gasteiger partial charge < -0.3 is 19.7 Å². The van der Waals surface area contributed by atoms with Crippen molar-refractivity contribution in [2.75, 3.05) is 30.4 Å². The Hall–Kier alpha value is -3.75. The number of aromatic nitrogens is 3. The molecular formula is C23H21F2N5O2. The Kier molecular flexibility index (Phi) is 5.08. The fraction of sp³-hybridized carbons (Fsp3) is 0.261. The van der Waals surface area contributed by atoms with Gasteiger partial charge in [-0.15, -0.1) is 5.10 Å². The average molecular weight is 437 g/mol. The van der Waals surface area contributed by atoms with Crippen LogP contribution in [0.25, 0.3) is 17.2 Å². The van der Waals surface area contributed by atoms with Crippen molar-refractivity contribution in [3.63, 3.8) is 0 Å². The number of halogens is 2. The standard InChI is InChI=1S/C23H21F2N5O2/c1-3-20-19(25)8-14(10-26-20)32-15-7-13-9-27-23-21(30(13)12-15)17(11-28-29-23)16-5-4-6-18(24)22(16)31-2/h3-6,8,10-11,13,15H,1,7,9,12H2,2H3,(H,27,29). The van der Waals surface area contributed by atoms with E-state index in [4.69, 9.17) is 9.47 Å². The fourth-order valence-corrected chi connectivity index (χ4v) is 4.39. The molecule has 2 aromatic heterocycles. The number of hydrogen-bond acceptors (Lipinski definition) is 7. The molecule has 5 rings (SSSR count). The van der Waals surface area contributed by atoms with Gasteiger partial charge in [0.2, 0.25) is 0 Å². The molecule has 0 aliphatic carbocycles. The predicted molar refractivity (Wildman–Crippen MR) is 117 cm³/mol. The Balaban J connectivity index is 1.47. The number of ether oxygens (including phenoxy) is 2. The van der Waals surface area contributed by atoms with Gasteiger partial charge in [0.1, 0.15) is 11.9 Å². The summed E-state index contributed by atoms with van der Waals surface area (Å²) in [5.41, 5.74) is 2.31. The molecule has 2 aliphatic rings. The summed E-state index contributed by atoms with van der Waals surface area (Å²) in [7, 11) is 1.44. The lowest BCUT2D eigenvalue weighted by atomic mass is 10.0. The van der Waals surface area contributed by atoms with Crippen molar-refractivity contribution in [2.45, 2.75) is 18.6 Å². The number of methoxy groups -OCH3 is 1. The SMILES string of the molecule is C=Cc1ncc(OC2CC3CNc4nncc(-c5cccc(F)c5OC)c4N3C2)cc1F. The summed E-state index contributed by atoms with van der Waals surface area (Å²) in [6, 6.07) is 6.23. The Morgan fingerprint density at radius 3 is 2.88 bits per heavy atom. The third-order valence-electron chi connectivity index (χ3n) is 5.79. The van der Waals surface area contributed by atoms with Crippen LogP contribution in [-0.4, -0.2) is 47.5 Å². The minimum atomic E-state index is -0.476. The molecule has 0 spiro atoms. The van der Waals surface area contributed by atoms with Gasteiger partial charge in [0.15, 0.2) is 23.2 Å². The van der Waals surface area contributed by atoms with Gasteiger partial charge in [-0.25, -0.2) is 13.8 Å². The van der Waals surface area contributed by atoms with E-state index >= 15 is 0 Å². The number of rotatable bonds is 5. The van der Waals surface area contributed by atoms with E-state index in [-0.39, 0.29) is 23.6 Å². The molecule has 164 valence electrons. The number of nitrogens with zero attached hydrogens (tertiary/aromatic N) is 4. The lowest BCUT2D eigenvalue weighted by Crippen LogP contribution is -2.40. The topological polar surface area (TPSA) is 72.4 Å². The molecule has 2 unspecified atom stereocenters. The van der Waals surface area contributed by atoms with E-state index in [2.05, 4.69) is 32.0 Å². The Morgan fingerprint density at radius 2 is 2.09 bits per heavy atom. The van der Waals surface area contributed by atoms with E-state index in [1.165, 1.54) is 31.5 Å². The first-order valence-electron chi connectivity index (χ1n) is 10.2. The summed E-state index contributed by atoms with van der Waals surface area (Å²) in [6.45, 7) is 4.76. The van der Waals surface area contributed by atoms with E-state index in [1.807, 2.05) is 0 Å². The first-order valence-corrected chi connectivity index (χ1v) is 10.2. The third-order valence-corrected chi connectivity index (χ3v) is 5.79. The minimum Gasteiger partial charge on any atom is -0.493 e. The molecule has 0 bridgehead atoms. The number of para-hydroxylation sites is 1. The normalized spacial score (nSPS) is 19.0. The van der Waals surface area contributed by atoms with Crippen molar-refractivity contribution in [1.82, 2.24) is 15.2 Å². The van der Waals surface area contributed by atoms with Gasteiger partial charge in [0.05, 0.1) is 43.5 Å². The van der Waals surface area contributed by atoms with Gasteiger partial charge >= 0.3 is 0 Å². The lowest BCUT2D eigenvalue weighted by molar-refractivity contribution is 0.219. The summed E-state index contributed by atoms with van der Waals surface area (Å²) < 4.78 is 39.8. The average Bonchev–Trinajstić information content (AvgIpc) is 3.21. The molecule has 2 atom stereocenters. The summed E-state index contributed by atoms with van der Waals surface area (Å²) in [5, 5.41) is 11.7. The van der Waals surface area contributed by atoms with Crippen LogP contribution in [0.5, 0.6) is 11.5 Å². The second kappa shape index (κ2) is 8.07. The van der Waals surface area contributed by atoms with E-state index in [0.29, 0.717) is 35.8 Å². The second-order valence-corrected chi connectivity index (χ2v) is 7.68. The van der Waals surface area contributed by atoms with Crippen LogP contribution in [0.1, 0.15) is 12.1 Å². The number of pyridine rings is 1. The maximum Gasteiger partial charge on any atom is 0.173 e. The maximum absolute atomic E-state index is 14.4. The van der Waals surface area contributed by atoms with Crippen molar-refractivity contribution >= 4 is 17.6 Å². The number of nitrogens with one attached hydrogen (secondary N) is 1. The highest BCUT2D eigenvalue weighted by Crippen LogP contribution is 2.45. The quantitative estimate of drug-likeness (QED) is 0.649. The van der Waals surface area contributed by atoms with Crippen LogP contribution in [0.2, 0.25) is 0 Å². The van der Waals surface area contributed by atoms with Crippen LogP contribution >= 0.6 is 0 Å². The highest BCUT2D eigenvalue weighted by atomic mass is 19.1. The highest BCUT2D eigenvalue weighted by Gasteiger charge is 2.39. The largest absolute Gasteiger partial charge is 0.493 e. The van der Waals surface area contributed by atoms with Crippen molar-refractivity contribution in [2.24, 2.45) is 0 Å². The predicted octanol–water partition coefficient (Wildman–Crippen LogP) is 3.92. The van der Waals surface area contributed by atoms with E-state index in [0.717, 1.165) is 12.1 Å². The third kappa shape index (κ3) is 3.39. The fourth-order valence-electron chi connectivity index (χ4n) is 4.39. The molecule has 1 saturated heterocycles. The monoisotopic (exact) mass is 437 g/mol. The molecule has 2 aliphatic heterocycles. The summed E-state index contributed by atoms with van der Waals surface area (Å²) >= 11 is 0. The van der Waals surface area contributed by atoms with Crippen molar-refractivity contribution in [3.8, 4) is 22.6 Å². The van der Waals surface area contributed by atoms with Gasteiger partial charge in [-0.2, -0.15) is 5.10 Å². The molecule has 1 N–H and O–H groups in total. The molecule has 4 heterocycles. The zero-order valence-corrected chi connectivity index (χ0v) is 17.4. The van der Waals surface area contributed by atoms with Crippen LogP contribution in [0.15, 0.2) is 43.2 Å². The van der Waals surface area contributed by atoms with Crippen LogP contribution in [-0.2, 0) is 0 Å². The summed E-state index contributed by atoms with van der Waals surface area (Å²) in [5.74, 6) is 0.215. The number of benzene rings is 1. The molecule has 0 radical (unpaired) electrons. The van der Waals surface area contributed by atoms with Crippen molar-refractivity contribution in [3.05, 3.63) is 60.6 Å². The van der Waals surface area contributed by atoms with Crippen molar-refractivity contribution < 1.29 is 18.3 Å². The minimum absolute atomic E-state index is 0.125. The highest BCUT2D eigenvalue weighted by molar-refractivity contribution is 5.89. The smallest absolute Gasteiger partial charge is 0.173 e. The molecular weight excluding hydrogens is 416 g/mol. The maximum atomic E-state index is 14.4. The second-order valence-electron chi connectivity index (χ2n) is 7.68. The van der Waals surface area contributed by atoms with Gasteiger partial charge in [-0.3, -0.25) is 0 Å². The molecule has 0 saturated carbocycles. The molecule has 3 aromatic rings. The van der Waals surface area contributed by atoms with Gasteiger partial charge in [0.25, 0.3) is 0 Å². The first kappa shape index (κ1) is 20.2. The van der Waals surface area contributed by atoms with E-state index in [9.17, 15) is 8.78 Å². The zero-order chi connectivity index (χ0) is 22.2. The zero-order valence-electron chi connectivity index (χ0n) is 17.4.